The van der Waals surface area contributed by atoms with Crippen molar-refractivity contribution in [1.82, 2.24) is 5.32 Å². The van der Waals surface area contributed by atoms with Crippen molar-refractivity contribution in [3.05, 3.63) is 0 Å². The van der Waals surface area contributed by atoms with Gasteiger partial charge in [0.2, 0.25) is 0 Å². The highest BCUT2D eigenvalue weighted by Crippen LogP contribution is 1.89. The normalized spacial score (nSPS) is 14.1. The molecule has 92 valence electrons. The second-order valence-electron chi connectivity index (χ2n) is 3.52. The average molecular weight is 239 g/mol. The molecule has 0 aliphatic carbocycles. The van der Waals surface area contributed by atoms with E-state index in [2.05, 4.69) is 5.32 Å². The zero-order chi connectivity index (χ0) is 11.7. The molecule has 1 atom stereocenters. The van der Waals surface area contributed by atoms with E-state index >= 15 is 0 Å². The van der Waals surface area contributed by atoms with Gasteiger partial charge in [-0.3, -0.25) is 0 Å². The zero-order valence-electron chi connectivity index (χ0n) is 9.65. The Balaban J connectivity index is 3.25. The van der Waals surface area contributed by atoms with E-state index in [-0.39, 0.29) is 11.9 Å². The molecule has 0 bridgehead atoms. The summed E-state index contributed by atoms with van der Waals surface area (Å²) in [5.41, 5.74) is 0. The Hall–Kier alpha value is -0.170. The van der Waals surface area contributed by atoms with Crippen LogP contribution in [-0.2, 0) is 19.3 Å². The summed E-state index contributed by atoms with van der Waals surface area (Å²) in [4.78, 5) is 0. The van der Waals surface area contributed by atoms with Gasteiger partial charge in [0.1, 0.15) is 9.84 Å². The number of hydrogen-bond donors (Lipinski definition) is 1. The first-order valence-corrected chi connectivity index (χ1v) is 7.00. The molecular weight excluding hydrogens is 218 g/mol. The van der Waals surface area contributed by atoms with Crippen LogP contribution in [0.3, 0.4) is 0 Å². The van der Waals surface area contributed by atoms with Gasteiger partial charge in [-0.2, -0.15) is 0 Å². The van der Waals surface area contributed by atoms with Crippen molar-refractivity contribution in [3.63, 3.8) is 0 Å². The van der Waals surface area contributed by atoms with E-state index in [1.54, 1.807) is 7.11 Å². The molecule has 0 aromatic heterocycles. The SMILES string of the molecule is COCC(C)OCCNCCS(C)(=O)=O. The number of sulfone groups is 1. The Bertz CT molecular complexity index is 240. The van der Waals surface area contributed by atoms with Crippen LogP contribution in [-0.4, -0.2) is 59.9 Å². The maximum atomic E-state index is 10.8. The summed E-state index contributed by atoms with van der Waals surface area (Å²) in [5, 5.41) is 2.99. The topological polar surface area (TPSA) is 64.6 Å². The molecule has 0 aliphatic rings. The van der Waals surface area contributed by atoms with Gasteiger partial charge in [-0.05, 0) is 6.92 Å². The van der Waals surface area contributed by atoms with Gasteiger partial charge in [0.25, 0.3) is 0 Å². The fourth-order valence-corrected chi connectivity index (χ4v) is 1.51. The van der Waals surface area contributed by atoms with Gasteiger partial charge in [0, 0.05) is 26.5 Å². The van der Waals surface area contributed by atoms with Gasteiger partial charge in [-0.25, -0.2) is 8.42 Å². The Morgan fingerprint density at radius 1 is 1.33 bits per heavy atom. The molecular formula is C9H21NO4S. The van der Waals surface area contributed by atoms with Crippen molar-refractivity contribution < 1.29 is 17.9 Å². The highest BCUT2D eigenvalue weighted by atomic mass is 32.2. The maximum Gasteiger partial charge on any atom is 0.148 e. The summed E-state index contributed by atoms with van der Waals surface area (Å²) in [6, 6.07) is 0. The van der Waals surface area contributed by atoms with E-state index in [1.165, 1.54) is 6.26 Å². The Kier molecular flexibility index (Phi) is 7.95. The summed E-state index contributed by atoms with van der Waals surface area (Å²) >= 11 is 0. The first-order valence-electron chi connectivity index (χ1n) is 4.94. The molecule has 0 saturated heterocycles. The van der Waals surface area contributed by atoms with Gasteiger partial charge in [-0.1, -0.05) is 0 Å². The minimum absolute atomic E-state index is 0.0757. The predicted molar refractivity (Wildman–Crippen MR) is 59.9 cm³/mol. The van der Waals surface area contributed by atoms with Crippen LogP contribution in [0.4, 0.5) is 0 Å². The quantitative estimate of drug-likeness (QED) is 0.558. The van der Waals surface area contributed by atoms with E-state index in [1.807, 2.05) is 6.92 Å². The van der Waals surface area contributed by atoms with Gasteiger partial charge >= 0.3 is 0 Å². The Morgan fingerprint density at radius 2 is 2.00 bits per heavy atom. The number of rotatable bonds is 9. The van der Waals surface area contributed by atoms with Crippen molar-refractivity contribution in [2.24, 2.45) is 0 Å². The third-order valence-electron chi connectivity index (χ3n) is 1.73. The van der Waals surface area contributed by atoms with Crippen LogP contribution >= 0.6 is 0 Å². The number of nitrogens with one attached hydrogen (secondary N) is 1. The molecule has 1 unspecified atom stereocenters. The molecule has 0 radical (unpaired) electrons. The van der Waals surface area contributed by atoms with Gasteiger partial charge in [0.05, 0.1) is 25.1 Å². The average Bonchev–Trinajstić information content (AvgIpc) is 2.09. The fourth-order valence-electron chi connectivity index (χ4n) is 0.998. The van der Waals surface area contributed by atoms with Crippen molar-refractivity contribution in [3.8, 4) is 0 Å². The van der Waals surface area contributed by atoms with Crippen LogP contribution in [0.5, 0.6) is 0 Å². The first kappa shape index (κ1) is 14.8. The van der Waals surface area contributed by atoms with Crippen molar-refractivity contribution in [2.75, 3.05) is 45.4 Å². The highest BCUT2D eigenvalue weighted by Gasteiger charge is 2.02. The van der Waals surface area contributed by atoms with Crippen molar-refractivity contribution in [2.45, 2.75) is 13.0 Å². The summed E-state index contributed by atoms with van der Waals surface area (Å²) < 4.78 is 31.8. The van der Waals surface area contributed by atoms with E-state index < -0.39 is 9.84 Å². The van der Waals surface area contributed by atoms with Crippen LogP contribution in [0.25, 0.3) is 0 Å². The maximum absolute atomic E-state index is 10.8. The van der Waals surface area contributed by atoms with E-state index in [4.69, 9.17) is 9.47 Å². The lowest BCUT2D eigenvalue weighted by Crippen LogP contribution is -2.27. The largest absolute Gasteiger partial charge is 0.382 e. The van der Waals surface area contributed by atoms with Gasteiger partial charge in [0.15, 0.2) is 0 Å². The van der Waals surface area contributed by atoms with Crippen LogP contribution < -0.4 is 5.32 Å². The summed E-state index contributed by atoms with van der Waals surface area (Å²) in [6.45, 7) is 4.20. The predicted octanol–water partition coefficient (Wildman–Crippen LogP) is -0.328. The number of ether oxygens (including phenoxy) is 2. The number of hydrogen-bond acceptors (Lipinski definition) is 5. The monoisotopic (exact) mass is 239 g/mol. The number of methoxy groups -OCH3 is 1. The first-order chi connectivity index (χ1) is 6.95. The molecule has 0 saturated carbocycles. The molecule has 0 spiro atoms. The lowest BCUT2D eigenvalue weighted by atomic mass is 10.4. The second kappa shape index (κ2) is 8.04. The third-order valence-corrected chi connectivity index (χ3v) is 2.68. The smallest absolute Gasteiger partial charge is 0.148 e. The van der Waals surface area contributed by atoms with Gasteiger partial charge in [-0.15, -0.1) is 0 Å². The van der Waals surface area contributed by atoms with E-state index in [0.717, 1.165) is 0 Å². The minimum atomic E-state index is -2.86. The van der Waals surface area contributed by atoms with Crippen LogP contribution in [0.15, 0.2) is 0 Å². The standard InChI is InChI=1S/C9H21NO4S/c1-9(8-13-2)14-6-4-10-5-7-15(3,11)12/h9-10H,4-8H2,1-3H3. The molecule has 0 amide bonds. The fraction of sp³-hybridized carbons (Fsp3) is 1.00. The van der Waals surface area contributed by atoms with Gasteiger partial charge < -0.3 is 14.8 Å². The summed E-state index contributed by atoms with van der Waals surface area (Å²) in [6.07, 6.45) is 1.30. The van der Waals surface area contributed by atoms with E-state index in [9.17, 15) is 8.42 Å². The molecule has 6 heteroatoms. The lowest BCUT2D eigenvalue weighted by Gasteiger charge is -2.11. The molecule has 0 aromatic rings. The molecule has 0 aliphatic heterocycles. The molecule has 0 heterocycles. The van der Waals surface area contributed by atoms with Crippen LogP contribution in [0.1, 0.15) is 6.92 Å². The summed E-state index contributed by atoms with van der Waals surface area (Å²) in [7, 11) is -1.23. The summed E-state index contributed by atoms with van der Waals surface area (Å²) in [5.74, 6) is 0.167. The third kappa shape index (κ3) is 11.8. The van der Waals surface area contributed by atoms with Crippen molar-refractivity contribution in [1.29, 1.82) is 0 Å². The molecule has 0 rings (SSSR count). The lowest BCUT2D eigenvalue weighted by molar-refractivity contribution is 0.0109. The molecule has 0 fully saturated rings. The Labute approximate surface area is 92.1 Å². The van der Waals surface area contributed by atoms with Crippen LogP contribution in [0, 0.1) is 0 Å². The van der Waals surface area contributed by atoms with E-state index in [0.29, 0.717) is 26.3 Å². The molecule has 0 aromatic carbocycles. The zero-order valence-corrected chi connectivity index (χ0v) is 10.5. The van der Waals surface area contributed by atoms with Crippen molar-refractivity contribution >= 4 is 9.84 Å². The minimum Gasteiger partial charge on any atom is -0.382 e. The Morgan fingerprint density at radius 3 is 2.53 bits per heavy atom. The van der Waals surface area contributed by atoms with Crippen LogP contribution in [0.2, 0.25) is 0 Å². The second-order valence-corrected chi connectivity index (χ2v) is 5.78. The molecule has 1 N–H and O–H groups in total. The molecule has 5 nitrogen and oxygen atoms in total. The highest BCUT2D eigenvalue weighted by molar-refractivity contribution is 7.90. The molecule has 15 heavy (non-hydrogen) atoms.